The van der Waals surface area contributed by atoms with Gasteiger partial charge in [-0.25, -0.2) is 18.4 Å². The Hall–Kier alpha value is -3.81. The summed E-state index contributed by atoms with van der Waals surface area (Å²) in [4.78, 5) is 27.8. The third kappa shape index (κ3) is 5.63. The first-order chi connectivity index (χ1) is 15.0. The van der Waals surface area contributed by atoms with Crippen molar-refractivity contribution in [1.82, 2.24) is 15.6 Å². The molecule has 0 aliphatic rings. The van der Waals surface area contributed by atoms with Gasteiger partial charge in [0.05, 0.1) is 7.11 Å². The summed E-state index contributed by atoms with van der Waals surface area (Å²) < 4.78 is 33.3. The zero-order chi connectivity index (χ0) is 22.2. The van der Waals surface area contributed by atoms with Crippen LogP contribution in [0.15, 0.2) is 60.9 Å². The van der Waals surface area contributed by atoms with Crippen LogP contribution in [0.4, 0.5) is 13.6 Å². The molecule has 0 spiro atoms. The first-order valence-electron chi connectivity index (χ1n) is 9.56. The van der Waals surface area contributed by atoms with Gasteiger partial charge in [-0.2, -0.15) is 0 Å². The van der Waals surface area contributed by atoms with E-state index in [-0.39, 0.29) is 23.2 Å². The van der Waals surface area contributed by atoms with Gasteiger partial charge in [-0.15, -0.1) is 0 Å². The van der Waals surface area contributed by atoms with Gasteiger partial charge in [-0.1, -0.05) is 24.3 Å². The number of halogens is 2. The van der Waals surface area contributed by atoms with Gasteiger partial charge in [-0.05, 0) is 47.4 Å². The summed E-state index contributed by atoms with van der Waals surface area (Å²) >= 11 is 0. The van der Waals surface area contributed by atoms with Crippen LogP contribution >= 0.6 is 0 Å². The van der Waals surface area contributed by atoms with Gasteiger partial charge in [0.15, 0.2) is 0 Å². The molecular weight excluding hydrogens is 404 g/mol. The van der Waals surface area contributed by atoms with Gasteiger partial charge < -0.3 is 15.4 Å². The van der Waals surface area contributed by atoms with E-state index in [1.54, 1.807) is 18.5 Å². The number of carbonyl (C=O) groups is 2. The number of aromatic nitrogens is 1. The maximum absolute atomic E-state index is 14.6. The highest BCUT2D eigenvalue weighted by molar-refractivity contribution is 5.97. The topological polar surface area (TPSA) is 80.3 Å². The molecule has 2 amide bonds. The molecule has 31 heavy (non-hydrogen) atoms. The minimum Gasteiger partial charge on any atom is -0.465 e. The van der Waals surface area contributed by atoms with E-state index in [1.807, 2.05) is 12.1 Å². The van der Waals surface area contributed by atoms with Crippen LogP contribution < -0.4 is 10.6 Å². The van der Waals surface area contributed by atoms with Crippen molar-refractivity contribution in [2.75, 3.05) is 13.7 Å². The van der Waals surface area contributed by atoms with Crippen LogP contribution in [0, 0.1) is 11.6 Å². The predicted octanol–water partition coefficient (Wildman–Crippen LogP) is 3.86. The van der Waals surface area contributed by atoms with Crippen molar-refractivity contribution < 1.29 is 23.1 Å². The number of nitrogens with one attached hydrogen (secondary N) is 2. The molecule has 3 rings (SSSR count). The average Bonchev–Trinajstić information content (AvgIpc) is 2.78. The molecule has 8 heteroatoms. The SMILES string of the molecule is COC(=O)c1c(F)cccc1-c1ccc(CNC(=O)NCCc2ccncc2)c(F)c1. The molecule has 0 atom stereocenters. The smallest absolute Gasteiger partial charge is 0.341 e. The lowest BCUT2D eigenvalue weighted by molar-refractivity contribution is 0.0596. The standard InChI is InChI=1S/C23H21F2N3O3/c1-31-22(29)21-18(3-2-4-19(21)24)16-5-6-17(20(25)13-16)14-28-23(30)27-12-9-15-7-10-26-11-8-15/h2-8,10-11,13H,9,12,14H2,1H3,(H2,27,28,30). The lowest BCUT2D eigenvalue weighted by atomic mass is 9.98. The predicted molar refractivity (Wildman–Crippen MR) is 111 cm³/mol. The summed E-state index contributed by atoms with van der Waals surface area (Å²) in [6, 6.07) is 11.6. The minimum atomic E-state index is -0.845. The number of benzene rings is 2. The van der Waals surface area contributed by atoms with Gasteiger partial charge >= 0.3 is 12.0 Å². The van der Waals surface area contributed by atoms with Gasteiger partial charge in [0.25, 0.3) is 0 Å². The highest BCUT2D eigenvalue weighted by Crippen LogP contribution is 2.28. The molecule has 3 aromatic rings. The molecule has 0 aliphatic carbocycles. The monoisotopic (exact) mass is 425 g/mol. The third-order valence-corrected chi connectivity index (χ3v) is 4.66. The number of methoxy groups -OCH3 is 1. The van der Waals surface area contributed by atoms with Crippen LogP contribution in [0.1, 0.15) is 21.5 Å². The number of urea groups is 1. The molecule has 0 aliphatic heterocycles. The molecule has 0 saturated heterocycles. The molecule has 2 aromatic carbocycles. The summed E-state index contributed by atoms with van der Waals surface area (Å²) in [5, 5.41) is 5.30. The number of hydrogen-bond acceptors (Lipinski definition) is 4. The second-order valence-corrected chi connectivity index (χ2v) is 6.68. The Kier molecular flexibility index (Phi) is 7.26. The fourth-order valence-corrected chi connectivity index (χ4v) is 3.04. The third-order valence-electron chi connectivity index (χ3n) is 4.66. The Morgan fingerprint density at radius 1 is 1.00 bits per heavy atom. The number of hydrogen-bond donors (Lipinski definition) is 2. The molecular formula is C23H21F2N3O3. The summed E-state index contributed by atoms with van der Waals surface area (Å²) in [6.07, 6.45) is 4.01. The van der Waals surface area contributed by atoms with E-state index in [4.69, 9.17) is 0 Å². The molecule has 0 fully saturated rings. The zero-order valence-electron chi connectivity index (χ0n) is 16.8. The van der Waals surface area contributed by atoms with E-state index in [2.05, 4.69) is 20.4 Å². The first kappa shape index (κ1) is 21.9. The molecule has 160 valence electrons. The first-order valence-corrected chi connectivity index (χ1v) is 9.56. The van der Waals surface area contributed by atoms with Crippen molar-refractivity contribution in [1.29, 1.82) is 0 Å². The van der Waals surface area contributed by atoms with Crippen LogP contribution in [0.3, 0.4) is 0 Å². The van der Waals surface area contributed by atoms with Crippen molar-refractivity contribution in [3.63, 3.8) is 0 Å². The van der Waals surface area contributed by atoms with Crippen molar-refractivity contribution in [3.05, 3.63) is 89.2 Å². The van der Waals surface area contributed by atoms with E-state index in [9.17, 15) is 18.4 Å². The lowest BCUT2D eigenvalue weighted by Gasteiger charge is -2.12. The number of ether oxygens (including phenoxy) is 1. The summed E-state index contributed by atoms with van der Waals surface area (Å²) in [5.41, 5.74) is 1.58. The summed E-state index contributed by atoms with van der Waals surface area (Å²) in [7, 11) is 1.15. The molecule has 0 saturated carbocycles. The maximum Gasteiger partial charge on any atom is 0.341 e. The second kappa shape index (κ2) is 10.3. The number of pyridine rings is 1. The van der Waals surface area contributed by atoms with Crippen LogP contribution in [0.5, 0.6) is 0 Å². The molecule has 1 heterocycles. The van der Waals surface area contributed by atoms with Gasteiger partial charge in [0.2, 0.25) is 0 Å². The van der Waals surface area contributed by atoms with Crippen molar-refractivity contribution in [3.8, 4) is 11.1 Å². The Morgan fingerprint density at radius 2 is 1.77 bits per heavy atom. The Morgan fingerprint density at radius 3 is 2.48 bits per heavy atom. The van der Waals surface area contributed by atoms with Gasteiger partial charge in [-0.3, -0.25) is 4.98 Å². The highest BCUT2D eigenvalue weighted by atomic mass is 19.1. The number of nitrogens with zero attached hydrogens (tertiary/aromatic N) is 1. The van der Waals surface area contributed by atoms with Crippen LogP contribution in [0.25, 0.3) is 11.1 Å². The van der Waals surface area contributed by atoms with Gasteiger partial charge in [0, 0.05) is 31.0 Å². The van der Waals surface area contributed by atoms with E-state index in [1.165, 1.54) is 24.3 Å². The van der Waals surface area contributed by atoms with Crippen molar-refractivity contribution in [2.24, 2.45) is 0 Å². The molecule has 0 bridgehead atoms. The normalized spacial score (nSPS) is 10.4. The Bertz CT molecular complexity index is 1070. The molecule has 0 radical (unpaired) electrons. The van der Waals surface area contributed by atoms with E-state index in [0.717, 1.165) is 18.7 Å². The number of carbonyl (C=O) groups excluding carboxylic acids is 2. The minimum absolute atomic E-state index is 0.0276. The van der Waals surface area contributed by atoms with E-state index >= 15 is 0 Å². The van der Waals surface area contributed by atoms with E-state index < -0.39 is 23.6 Å². The van der Waals surface area contributed by atoms with Crippen LogP contribution in [-0.2, 0) is 17.7 Å². The quantitative estimate of drug-likeness (QED) is 0.564. The summed E-state index contributed by atoms with van der Waals surface area (Å²) in [5.74, 6) is -2.18. The van der Waals surface area contributed by atoms with Crippen molar-refractivity contribution in [2.45, 2.75) is 13.0 Å². The largest absolute Gasteiger partial charge is 0.465 e. The summed E-state index contributed by atoms with van der Waals surface area (Å²) in [6.45, 7) is 0.396. The second-order valence-electron chi connectivity index (χ2n) is 6.68. The fraction of sp³-hybridized carbons (Fsp3) is 0.174. The zero-order valence-corrected chi connectivity index (χ0v) is 16.8. The highest BCUT2D eigenvalue weighted by Gasteiger charge is 2.19. The molecule has 1 aromatic heterocycles. The van der Waals surface area contributed by atoms with E-state index in [0.29, 0.717) is 18.5 Å². The van der Waals surface area contributed by atoms with Crippen LogP contribution in [0.2, 0.25) is 0 Å². The fourth-order valence-electron chi connectivity index (χ4n) is 3.04. The number of esters is 1. The number of amides is 2. The van der Waals surface area contributed by atoms with Crippen LogP contribution in [-0.4, -0.2) is 30.6 Å². The molecule has 0 unspecified atom stereocenters. The molecule has 2 N–H and O–H groups in total. The Labute approximate surface area is 178 Å². The Balaban J connectivity index is 1.62. The maximum atomic E-state index is 14.6. The average molecular weight is 425 g/mol. The lowest BCUT2D eigenvalue weighted by Crippen LogP contribution is -2.36. The van der Waals surface area contributed by atoms with Gasteiger partial charge in [0.1, 0.15) is 17.2 Å². The number of rotatable bonds is 7. The molecule has 6 nitrogen and oxygen atoms in total. The van der Waals surface area contributed by atoms with Crippen molar-refractivity contribution >= 4 is 12.0 Å².